The van der Waals surface area contributed by atoms with Crippen LogP contribution in [0.4, 0.5) is 0 Å². The highest BCUT2D eigenvalue weighted by atomic mass is 16.3. The number of hydrogen-bond acceptors (Lipinski definition) is 3. The molecule has 2 saturated carbocycles. The molecule has 3 aliphatic rings. The van der Waals surface area contributed by atoms with Gasteiger partial charge in [0.05, 0.1) is 6.10 Å². The van der Waals surface area contributed by atoms with Gasteiger partial charge in [0.1, 0.15) is 0 Å². The zero-order valence-electron chi connectivity index (χ0n) is 10.7. The van der Waals surface area contributed by atoms with Gasteiger partial charge in [0.2, 0.25) is 5.91 Å². The Bertz CT molecular complexity index is 329. The Kier molecular flexibility index (Phi) is 2.67. The molecule has 0 radical (unpaired) electrons. The molecule has 3 rings (SSSR count). The van der Waals surface area contributed by atoms with Crippen molar-refractivity contribution >= 4 is 5.91 Å². The third kappa shape index (κ3) is 1.69. The van der Waals surface area contributed by atoms with Gasteiger partial charge in [-0.25, -0.2) is 0 Å². The number of amides is 1. The summed E-state index contributed by atoms with van der Waals surface area (Å²) in [5.41, 5.74) is 0. The first-order valence-corrected chi connectivity index (χ1v) is 6.70. The summed E-state index contributed by atoms with van der Waals surface area (Å²) >= 11 is 0. The first kappa shape index (κ1) is 11.5. The van der Waals surface area contributed by atoms with Gasteiger partial charge >= 0.3 is 0 Å². The summed E-state index contributed by atoms with van der Waals surface area (Å²) in [5, 5.41) is 10.2. The van der Waals surface area contributed by atoms with Gasteiger partial charge < -0.3 is 10.0 Å². The molecule has 0 aromatic rings. The molecule has 1 heterocycles. The van der Waals surface area contributed by atoms with Crippen LogP contribution >= 0.6 is 0 Å². The monoisotopic (exact) mass is 238 g/mol. The number of aliphatic hydroxyl groups excluding tert-OH is 1. The van der Waals surface area contributed by atoms with Gasteiger partial charge in [0.15, 0.2) is 0 Å². The van der Waals surface area contributed by atoms with E-state index in [2.05, 4.69) is 4.90 Å². The average molecular weight is 238 g/mol. The summed E-state index contributed by atoms with van der Waals surface area (Å²) in [6.07, 6.45) is 2.88. The van der Waals surface area contributed by atoms with Crippen LogP contribution in [0.3, 0.4) is 0 Å². The average Bonchev–Trinajstić information content (AvgIpc) is 2.86. The van der Waals surface area contributed by atoms with Gasteiger partial charge in [-0.3, -0.25) is 9.69 Å². The van der Waals surface area contributed by atoms with E-state index in [9.17, 15) is 9.90 Å². The lowest BCUT2D eigenvalue weighted by atomic mass is 9.88. The molecule has 1 amide bonds. The first-order chi connectivity index (χ1) is 8.08. The standard InChI is InChI=1S/C13H22N2O2/c1-14(2)11(16)3-4-15-7-9-5-8-6-10(9)12(15)13(8)17/h8-10,12-13,17H,3-7H2,1-2H3. The minimum absolute atomic E-state index is 0.131. The van der Waals surface area contributed by atoms with Crippen LogP contribution in [-0.4, -0.2) is 60.1 Å². The molecule has 4 nitrogen and oxygen atoms in total. The molecule has 1 N–H and O–H groups in total. The van der Waals surface area contributed by atoms with Crippen molar-refractivity contribution in [2.24, 2.45) is 17.8 Å². The Hall–Kier alpha value is -0.610. The van der Waals surface area contributed by atoms with Crippen LogP contribution < -0.4 is 0 Å². The number of carbonyl (C=O) groups excluding carboxylic acids is 1. The predicted octanol–water partition coefficient (Wildman–Crippen LogP) is 0.166. The SMILES string of the molecule is CN(C)C(=O)CCN1CC2CC3CC2C1C3O. The molecule has 5 atom stereocenters. The largest absolute Gasteiger partial charge is 0.391 e. The van der Waals surface area contributed by atoms with Crippen LogP contribution in [0.5, 0.6) is 0 Å². The van der Waals surface area contributed by atoms with Crippen molar-refractivity contribution in [1.29, 1.82) is 0 Å². The van der Waals surface area contributed by atoms with Crippen molar-refractivity contribution in [3.05, 3.63) is 0 Å². The second kappa shape index (κ2) is 3.95. The fourth-order valence-corrected chi connectivity index (χ4v) is 4.25. The molecule has 0 aromatic heterocycles. The molecule has 0 aromatic carbocycles. The lowest BCUT2D eigenvalue weighted by Crippen LogP contribution is -2.42. The maximum Gasteiger partial charge on any atom is 0.223 e. The topological polar surface area (TPSA) is 43.8 Å². The number of nitrogens with zero attached hydrogens (tertiary/aromatic N) is 2. The third-order valence-electron chi connectivity index (χ3n) is 5.06. The summed E-state index contributed by atoms with van der Waals surface area (Å²) < 4.78 is 0. The Morgan fingerprint density at radius 2 is 2.12 bits per heavy atom. The van der Waals surface area contributed by atoms with Gasteiger partial charge in [-0.2, -0.15) is 0 Å². The van der Waals surface area contributed by atoms with Crippen molar-refractivity contribution in [2.45, 2.75) is 31.4 Å². The summed E-state index contributed by atoms with van der Waals surface area (Å²) in [7, 11) is 3.60. The van der Waals surface area contributed by atoms with E-state index in [0.29, 0.717) is 24.3 Å². The fraction of sp³-hybridized carbons (Fsp3) is 0.923. The molecule has 2 bridgehead atoms. The van der Waals surface area contributed by atoms with Crippen molar-refractivity contribution < 1.29 is 9.90 Å². The van der Waals surface area contributed by atoms with Crippen molar-refractivity contribution in [3.63, 3.8) is 0 Å². The quantitative estimate of drug-likeness (QED) is 0.762. The minimum atomic E-state index is -0.131. The van der Waals surface area contributed by atoms with Crippen LogP contribution in [0.2, 0.25) is 0 Å². The van der Waals surface area contributed by atoms with Crippen LogP contribution in [0.1, 0.15) is 19.3 Å². The summed E-state index contributed by atoms with van der Waals surface area (Å²) in [5.74, 6) is 2.24. The van der Waals surface area contributed by atoms with E-state index in [1.54, 1.807) is 19.0 Å². The Morgan fingerprint density at radius 1 is 1.35 bits per heavy atom. The molecule has 96 valence electrons. The lowest BCUT2D eigenvalue weighted by molar-refractivity contribution is -0.129. The highest BCUT2D eigenvalue weighted by molar-refractivity contribution is 5.75. The van der Waals surface area contributed by atoms with E-state index in [1.165, 1.54) is 12.8 Å². The smallest absolute Gasteiger partial charge is 0.223 e. The van der Waals surface area contributed by atoms with E-state index in [0.717, 1.165) is 19.0 Å². The molecule has 5 unspecified atom stereocenters. The Labute approximate surface area is 103 Å². The molecule has 0 spiro atoms. The van der Waals surface area contributed by atoms with E-state index >= 15 is 0 Å². The second-order valence-electron chi connectivity index (χ2n) is 6.17. The van der Waals surface area contributed by atoms with Gasteiger partial charge in [-0.1, -0.05) is 0 Å². The van der Waals surface area contributed by atoms with E-state index in [-0.39, 0.29) is 12.0 Å². The first-order valence-electron chi connectivity index (χ1n) is 6.70. The number of aliphatic hydroxyl groups is 1. The van der Waals surface area contributed by atoms with Crippen LogP contribution in [0, 0.1) is 17.8 Å². The molecule has 17 heavy (non-hydrogen) atoms. The predicted molar refractivity (Wildman–Crippen MR) is 64.4 cm³/mol. The van der Waals surface area contributed by atoms with Crippen LogP contribution in [-0.2, 0) is 4.79 Å². The molecule has 4 heteroatoms. The van der Waals surface area contributed by atoms with Crippen molar-refractivity contribution in [1.82, 2.24) is 9.80 Å². The second-order valence-corrected chi connectivity index (χ2v) is 6.17. The van der Waals surface area contributed by atoms with Gasteiger partial charge in [0, 0.05) is 39.6 Å². The van der Waals surface area contributed by atoms with E-state index < -0.39 is 0 Å². The number of fused-ring (bicyclic) bond motifs is 1. The maximum atomic E-state index is 11.6. The minimum Gasteiger partial charge on any atom is -0.391 e. The third-order valence-corrected chi connectivity index (χ3v) is 5.06. The highest BCUT2D eigenvalue weighted by Gasteiger charge is 2.58. The molecule has 1 aliphatic heterocycles. The molecule has 3 fully saturated rings. The van der Waals surface area contributed by atoms with Gasteiger partial charge in [-0.15, -0.1) is 0 Å². The molecule has 2 aliphatic carbocycles. The Balaban J connectivity index is 1.61. The lowest BCUT2D eigenvalue weighted by Gasteiger charge is -2.29. The number of likely N-dealkylation sites (tertiary alicyclic amines) is 1. The number of rotatable bonds is 3. The number of hydrogen-bond donors (Lipinski definition) is 1. The van der Waals surface area contributed by atoms with Crippen LogP contribution in [0.25, 0.3) is 0 Å². The molecular weight excluding hydrogens is 216 g/mol. The fourth-order valence-electron chi connectivity index (χ4n) is 4.25. The zero-order chi connectivity index (χ0) is 12.2. The summed E-state index contributed by atoms with van der Waals surface area (Å²) in [6.45, 7) is 1.92. The summed E-state index contributed by atoms with van der Waals surface area (Å²) in [4.78, 5) is 15.6. The van der Waals surface area contributed by atoms with Crippen LogP contribution in [0.15, 0.2) is 0 Å². The number of carbonyl (C=O) groups is 1. The van der Waals surface area contributed by atoms with E-state index in [4.69, 9.17) is 0 Å². The Morgan fingerprint density at radius 3 is 2.76 bits per heavy atom. The maximum absolute atomic E-state index is 11.6. The van der Waals surface area contributed by atoms with Gasteiger partial charge in [0.25, 0.3) is 0 Å². The highest BCUT2D eigenvalue weighted by Crippen LogP contribution is 2.54. The van der Waals surface area contributed by atoms with Gasteiger partial charge in [-0.05, 0) is 30.6 Å². The van der Waals surface area contributed by atoms with E-state index in [1.807, 2.05) is 0 Å². The molecule has 1 saturated heterocycles. The molecular formula is C13H22N2O2. The van der Waals surface area contributed by atoms with Crippen molar-refractivity contribution in [2.75, 3.05) is 27.2 Å². The van der Waals surface area contributed by atoms with Crippen molar-refractivity contribution in [3.8, 4) is 0 Å². The summed E-state index contributed by atoms with van der Waals surface area (Å²) in [6, 6.07) is 0.355. The zero-order valence-corrected chi connectivity index (χ0v) is 10.7. The normalized spacial score (nSPS) is 43.4.